The number of amides is 2. The second kappa shape index (κ2) is 7.43. The van der Waals surface area contributed by atoms with Crippen molar-refractivity contribution in [3.05, 3.63) is 71.0 Å². The molecule has 9 nitrogen and oxygen atoms in total. The Morgan fingerprint density at radius 1 is 1.10 bits per heavy atom. The van der Waals surface area contributed by atoms with Crippen molar-refractivity contribution in [2.24, 2.45) is 0 Å². The molecule has 0 radical (unpaired) electrons. The summed E-state index contributed by atoms with van der Waals surface area (Å²) < 4.78 is 16.2. The van der Waals surface area contributed by atoms with Crippen molar-refractivity contribution in [3.8, 4) is 11.5 Å². The number of esters is 1. The Balaban J connectivity index is 1.46. The van der Waals surface area contributed by atoms with E-state index < -0.39 is 17.8 Å². The van der Waals surface area contributed by atoms with Crippen molar-refractivity contribution < 1.29 is 28.0 Å². The van der Waals surface area contributed by atoms with E-state index in [9.17, 15) is 14.4 Å². The summed E-state index contributed by atoms with van der Waals surface area (Å²) in [7, 11) is 0. The molecule has 1 aliphatic rings. The van der Waals surface area contributed by atoms with Crippen LogP contribution in [0.3, 0.4) is 0 Å². The van der Waals surface area contributed by atoms with Crippen molar-refractivity contribution in [3.63, 3.8) is 0 Å². The standard InChI is InChI=1S/C21H17N3O6/c1-4-7-24-19(25)14-6-5-13(9-16(14)20(24)26)21(27)28-10-17-22-23-18(30-17)15-8-11(2)29-12(15)3/h4-6,8-9H,1,7,10H2,2-3H3. The average Bonchev–Trinajstić information content (AvgIpc) is 3.39. The van der Waals surface area contributed by atoms with E-state index in [0.717, 1.165) is 4.90 Å². The fourth-order valence-corrected chi connectivity index (χ4v) is 3.19. The van der Waals surface area contributed by atoms with Crippen LogP contribution in [0.2, 0.25) is 0 Å². The van der Waals surface area contributed by atoms with Crippen molar-refractivity contribution in [2.75, 3.05) is 6.54 Å². The highest BCUT2D eigenvalue weighted by atomic mass is 16.5. The molecule has 0 N–H and O–H groups in total. The van der Waals surface area contributed by atoms with Crippen LogP contribution in [-0.4, -0.2) is 39.4 Å². The highest BCUT2D eigenvalue weighted by Gasteiger charge is 2.35. The molecule has 2 aromatic heterocycles. The van der Waals surface area contributed by atoms with Gasteiger partial charge in [0.25, 0.3) is 23.6 Å². The number of aromatic nitrogens is 2. The molecule has 0 atom stereocenters. The largest absolute Gasteiger partial charge is 0.466 e. The fraction of sp³-hybridized carbons (Fsp3) is 0.190. The van der Waals surface area contributed by atoms with Gasteiger partial charge >= 0.3 is 5.97 Å². The smallest absolute Gasteiger partial charge is 0.338 e. The van der Waals surface area contributed by atoms with Crippen molar-refractivity contribution in [1.29, 1.82) is 0 Å². The number of rotatable bonds is 6. The Morgan fingerprint density at radius 3 is 2.57 bits per heavy atom. The third-order valence-corrected chi connectivity index (χ3v) is 4.58. The maximum Gasteiger partial charge on any atom is 0.338 e. The molecule has 1 aromatic carbocycles. The molecule has 0 unspecified atom stereocenters. The van der Waals surface area contributed by atoms with Gasteiger partial charge in [-0.1, -0.05) is 6.08 Å². The van der Waals surface area contributed by atoms with Crippen LogP contribution >= 0.6 is 0 Å². The van der Waals surface area contributed by atoms with E-state index in [-0.39, 0.29) is 41.6 Å². The van der Waals surface area contributed by atoms with E-state index in [4.69, 9.17) is 13.6 Å². The first-order valence-electron chi connectivity index (χ1n) is 9.07. The van der Waals surface area contributed by atoms with Gasteiger partial charge in [-0.25, -0.2) is 4.79 Å². The Morgan fingerprint density at radius 2 is 1.87 bits per heavy atom. The monoisotopic (exact) mass is 407 g/mol. The van der Waals surface area contributed by atoms with Gasteiger partial charge in [-0.15, -0.1) is 16.8 Å². The first kappa shape index (κ1) is 19.3. The van der Waals surface area contributed by atoms with E-state index in [1.807, 2.05) is 0 Å². The zero-order chi connectivity index (χ0) is 21.4. The van der Waals surface area contributed by atoms with Gasteiger partial charge in [0.2, 0.25) is 0 Å². The number of carbonyl (C=O) groups is 3. The van der Waals surface area contributed by atoms with Gasteiger partial charge < -0.3 is 13.6 Å². The van der Waals surface area contributed by atoms with Crippen LogP contribution in [0.15, 0.2) is 45.8 Å². The summed E-state index contributed by atoms with van der Waals surface area (Å²) in [5, 5.41) is 7.81. The number of furan rings is 1. The van der Waals surface area contributed by atoms with Gasteiger partial charge in [-0.2, -0.15) is 0 Å². The van der Waals surface area contributed by atoms with Gasteiger partial charge in [-0.3, -0.25) is 14.5 Å². The molecule has 0 saturated heterocycles. The lowest BCUT2D eigenvalue weighted by molar-refractivity contribution is 0.0438. The molecule has 0 fully saturated rings. The highest BCUT2D eigenvalue weighted by Crippen LogP contribution is 2.26. The number of fused-ring (bicyclic) bond motifs is 1. The maximum atomic E-state index is 12.4. The fourth-order valence-electron chi connectivity index (χ4n) is 3.19. The number of aryl methyl sites for hydroxylation is 2. The SMILES string of the molecule is C=CCN1C(=O)c2ccc(C(=O)OCc3nnc(-c4cc(C)oc4C)o3)cc2C1=O. The zero-order valence-corrected chi connectivity index (χ0v) is 16.3. The summed E-state index contributed by atoms with van der Waals surface area (Å²) in [4.78, 5) is 38.1. The Hall–Kier alpha value is -4.01. The number of hydrogen-bond acceptors (Lipinski definition) is 8. The molecule has 30 heavy (non-hydrogen) atoms. The summed E-state index contributed by atoms with van der Waals surface area (Å²) >= 11 is 0. The molecule has 0 bridgehead atoms. The Labute approximate surface area is 170 Å². The summed E-state index contributed by atoms with van der Waals surface area (Å²) in [5.74, 6) is 0.151. The summed E-state index contributed by atoms with van der Waals surface area (Å²) in [6.45, 7) is 6.98. The quantitative estimate of drug-likeness (QED) is 0.348. The molecule has 2 amide bonds. The first-order chi connectivity index (χ1) is 14.4. The molecule has 3 aromatic rings. The third-order valence-electron chi connectivity index (χ3n) is 4.58. The number of ether oxygens (including phenoxy) is 1. The lowest BCUT2D eigenvalue weighted by Crippen LogP contribution is -2.29. The number of hydrogen-bond donors (Lipinski definition) is 0. The van der Waals surface area contributed by atoms with Crippen LogP contribution in [0.5, 0.6) is 0 Å². The van der Waals surface area contributed by atoms with Crippen LogP contribution < -0.4 is 0 Å². The van der Waals surface area contributed by atoms with Gasteiger partial charge in [-0.05, 0) is 38.1 Å². The average molecular weight is 407 g/mol. The lowest BCUT2D eigenvalue weighted by Gasteiger charge is -2.09. The number of benzene rings is 1. The summed E-state index contributed by atoms with van der Waals surface area (Å²) in [6.07, 6.45) is 1.46. The first-order valence-corrected chi connectivity index (χ1v) is 9.07. The van der Waals surface area contributed by atoms with Crippen LogP contribution in [0.4, 0.5) is 0 Å². The molecular formula is C21H17N3O6. The molecular weight excluding hydrogens is 390 g/mol. The molecule has 4 rings (SSSR count). The maximum absolute atomic E-state index is 12.4. The second-order valence-corrected chi connectivity index (χ2v) is 6.67. The lowest BCUT2D eigenvalue weighted by atomic mass is 10.1. The van der Waals surface area contributed by atoms with Crippen LogP contribution in [-0.2, 0) is 11.3 Å². The Bertz CT molecular complexity index is 1190. The normalized spacial score (nSPS) is 12.9. The minimum atomic E-state index is -0.685. The van der Waals surface area contributed by atoms with Gasteiger partial charge in [0.05, 0.1) is 22.3 Å². The second-order valence-electron chi connectivity index (χ2n) is 6.67. The molecule has 3 heterocycles. The summed E-state index contributed by atoms with van der Waals surface area (Å²) in [6, 6.07) is 5.99. The van der Waals surface area contributed by atoms with E-state index in [0.29, 0.717) is 17.1 Å². The van der Waals surface area contributed by atoms with E-state index in [1.54, 1.807) is 19.9 Å². The van der Waals surface area contributed by atoms with Crippen molar-refractivity contribution in [2.45, 2.75) is 20.5 Å². The topological polar surface area (TPSA) is 116 Å². The van der Waals surface area contributed by atoms with Crippen LogP contribution in [0, 0.1) is 13.8 Å². The van der Waals surface area contributed by atoms with Gasteiger partial charge in [0, 0.05) is 6.54 Å². The molecule has 0 spiro atoms. The van der Waals surface area contributed by atoms with Gasteiger partial charge in [0.1, 0.15) is 11.5 Å². The third kappa shape index (κ3) is 3.30. The molecule has 152 valence electrons. The van der Waals surface area contributed by atoms with Crippen LogP contribution in [0.25, 0.3) is 11.5 Å². The molecule has 0 saturated carbocycles. The predicted molar refractivity (Wildman–Crippen MR) is 103 cm³/mol. The zero-order valence-electron chi connectivity index (χ0n) is 16.3. The van der Waals surface area contributed by atoms with E-state index in [1.165, 1.54) is 24.3 Å². The predicted octanol–water partition coefficient (Wildman–Crippen LogP) is 3.09. The van der Waals surface area contributed by atoms with Crippen LogP contribution in [0.1, 0.15) is 48.5 Å². The molecule has 0 aliphatic carbocycles. The minimum Gasteiger partial charge on any atom is -0.466 e. The van der Waals surface area contributed by atoms with Crippen molar-refractivity contribution >= 4 is 17.8 Å². The highest BCUT2D eigenvalue weighted by molar-refractivity contribution is 6.22. The number of nitrogens with zero attached hydrogens (tertiary/aromatic N) is 3. The number of carbonyl (C=O) groups excluding carboxylic acids is 3. The Kier molecular flexibility index (Phi) is 4.78. The molecule has 9 heteroatoms. The van der Waals surface area contributed by atoms with E-state index >= 15 is 0 Å². The molecule has 1 aliphatic heterocycles. The van der Waals surface area contributed by atoms with E-state index in [2.05, 4.69) is 16.8 Å². The number of imide groups is 1. The minimum absolute atomic E-state index is 0.0985. The summed E-state index contributed by atoms with van der Waals surface area (Å²) in [5.41, 5.74) is 1.20. The van der Waals surface area contributed by atoms with Gasteiger partial charge in [0.15, 0.2) is 6.61 Å². The van der Waals surface area contributed by atoms with Crippen molar-refractivity contribution in [1.82, 2.24) is 15.1 Å².